The topological polar surface area (TPSA) is 107 Å². The van der Waals surface area contributed by atoms with Crippen LogP contribution in [-0.2, 0) is 9.59 Å². The molecule has 0 fully saturated rings. The number of rotatable bonds is 3. The highest BCUT2D eigenvalue weighted by Gasteiger charge is 2.09. The quantitative estimate of drug-likeness (QED) is 0.456. The Kier molecular flexibility index (Phi) is 3.71. The summed E-state index contributed by atoms with van der Waals surface area (Å²) >= 11 is 0. The molecule has 17 heavy (non-hydrogen) atoms. The van der Waals surface area contributed by atoms with Gasteiger partial charge in [-0.05, 0) is 23.8 Å². The van der Waals surface area contributed by atoms with E-state index >= 15 is 0 Å². The van der Waals surface area contributed by atoms with Gasteiger partial charge in [-0.15, -0.1) is 0 Å². The van der Waals surface area contributed by atoms with Crippen molar-refractivity contribution in [2.75, 3.05) is 0 Å². The number of carboxylic acid groups (broad SMARTS) is 1. The molecule has 0 heterocycles. The number of aliphatic carboxylic acids is 1. The molecule has 6 nitrogen and oxygen atoms in total. The molecule has 6 heteroatoms. The molecule has 0 aliphatic carbocycles. The number of carbonyl (C=O) groups is 2. The predicted molar refractivity (Wildman–Crippen MR) is 59.2 cm³/mol. The van der Waals surface area contributed by atoms with Crippen molar-refractivity contribution in [3.63, 3.8) is 0 Å². The molecule has 1 aromatic carbocycles. The van der Waals surface area contributed by atoms with Crippen LogP contribution in [0.2, 0.25) is 0 Å². The van der Waals surface area contributed by atoms with E-state index in [1.807, 2.05) is 0 Å². The number of hydrogen-bond acceptors (Lipinski definition) is 4. The zero-order valence-corrected chi connectivity index (χ0v) is 8.97. The Morgan fingerprint density at radius 3 is 2.35 bits per heavy atom. The maximum atomic E-state index is 10.8. The van der Waals surface area contributed by atoms with Crippen molar-refractivity contribution < 1.29 is 24.9 Å². The molecule has 0 atom stereocenters. The molecule has 0 saturated heterocycles. The molecule has 0 aromatic heterocycles. The minimum absolute atomic E-state index is 0.307. The Balaban J connectivity index is 3.08. The predicted octanol–water partition coefficient (Wildman–Crippen LogP) is 0.659. The third-order valence-corrected chi connectivity index (χ3v) is 1.85. The molecule has 0 unspecified atom stereocenters. The first kappa shape index (κ1) is 12.6. The van der Waals surface area contributed by atoms with Crippen molar-refractivity contribution in [2.45, 2.75) is 6.92 Å². The molecule has 0 spiro atoms. The van der Waals surface area contributed by atoms with Crippen LogP contribution < -0.4 is 5.32 Å². The summed E-state index contributed by atoms with van der Waals surface area (Å²) in [6.07, 6.45) is 1.17. The van der Waals surface area contributed by atoms with Crippen LogP contribution in [0.1, 0.15) is 12.5 Å². The van der Waals surface area contributed by atoms with Gasteiger partial charge in [-0.3, -0.25) is 4.79 Å². The highest BCUT2D eigenvalue weighted by Crippen LogP contribution is 2.25. The van der Waals surface area contributed by atoms with Gasteiger partial charge in [0.25, 0.3) is 0 Å². The van der Waals surface area contributed by atoms with Crippen molar-refractivity contribution >= 4 is 18.0 Å². The minimum atomic E-state index is -1.30. The van der Waals surface area contributed by atoms with Gasteiger partial charge in [-0.1, -0.05) is 6.07 Å². The highest BCUT2D eigenvalue weighted by molar-refractivity contribution is 5.96. The van der Waals surface area contributed by atoms with Crippen molar-refractivity contribution in [1.82, 2.24) is 5.32 Å². The second-order valence-electron chi connectivity index (χ2n) is 3.29. The lowest BCUT2D eigenvalue weighted by atomic mass is 10.1. The number of carboxylic acids is 1. The molecule has 0 bridgehead atoms. The van der Waals surface area contributed by atoms with Crippen LogP contribution in [0.15, 0.2) is 23.9 Å². The lowest BCUT2D eigenvalue weighted by Crippen LogP contribution is -2.24. The van der Waals surface area contributed by atoms with Crippen LogP contribution in [-0.4, -0.2) is 27.2 Å². The molecule has 1 rings (SSSR count). The van der Waals surface area contributed by atoms with E-state index in [-0.39, 0.29) is 17.2 Å². The van der Waals surface area contributed by atoms with Crippen molar-refractivity contribution in [1.29, 1.82) is 0 Å². The van der Waals surface area contributed by atoms with E-state index in [0.717, 1.165) is 0 Å². The first-order chi connectivity index (χ1) is 7.90. The summed E-state index contributed by atoms with van der Waals surface area (Å²) < 4.78 is 0. The summed E-state index contributed by atoms with van der Waals surface area (Å²) in [6, 6.07) is 3.80. The van der Waals surface area contributed by atoms with Crippen LogP contribution in [0.5, 0.6) is 11.5 Å². The fraction of sp³-hybridized carbons (Fsp3) is 0.0909. The molecule has 1 amide bonds. The average Bonchev–Trinajstić information content (AvgIpc) is 2.21. The molecule has 90 valence electrons. The Morgan fingerprint density at radius 1 is 1.24 bits per heavy atom. The van der Waals surface area contributed by atoms with Crippen LogP contribution in [0, 0.1) is 0 Å². The number of nitrogens with one attached hydrogen (secondary N) is 1. The van der Waals surface area contributed by atoms with Crippen LogP contribution >= 0.6 is 0 Å². The van der Waals surface area contributed by atoms with Gasteiger partial charge in [0, 0.05) is 6.92 Å². The van der Waals surface area contributed by atoms with Crippen molar-refractivity contribution in [3.8, 4) is 11.5 Å². The molecule has 0 radical (unpaired) electrons. The van der Waals surface area contributed by atoms with Gasteiger partial charge >= 0.3 is 5.97 Å². The smallest absolute Gasteiger partial charge is 0.352 e. The molecule has 0 aliphatic rings. The first-order valence-electron chi connectivity index (χ1n) is 4.64. The van der Waals surface area contributed by atoms with Gasteiger partial charge in [0.2, 0.25) is 5.91 Å². The Labute approximate surface area is 96.8 Å². The number of benzene rings is 1. The maximum Gasteiger partial charge on any atom is 0.352 e. The molecular weight excluding hydrogens is 226 g/mol. The number of hydrogen-bond donors (Lipinski definition) is 4. The van der Waals surface area contributed by atoms with Gasteiger partial charge < -0.3 is 20.6 Å². The zero-order chi connectivity index (χ0) is 13.0. The van der Waals surface area contributed by atoms with E-state index in [9.17, 15) is 14.7 Å². The molecule has 0 saturated carbocycles. The number of phenolic OH excluding ortho intramolecular Hbond substituents is 2. The second-order valence-corrected chi connectivity index (χ2v) is 3.29. The molecule has 4 N–H and O–H groups in total. The number of phenols is 2. The second kappa shape index (κ2) is 5.02. The van der Waals surface area contributed by atoms with Crippen LogP contribution in [0.25, 0.3) is 6.08 Å². The summed E-state index contributed by atoms with van der Waals surface area (Å²) in [7, 11) is 0. The lowest BCUT2D eigenvalue weighted by molar-refractivity contribution is -0.134. The third kappa shape index (κ3) is 3.53. The van der Waals surface area contributed by atoms with Gasteiger partial charge in [-0.25, -0.2) is 4.79 Å². The van der Waals surface area contributed by atoms with E-state index in [0.29, 0.717) is 5.56 Å². The fourth-order valence-electron chi connectivity index (χ4n) is 1.14. The van der Waals surface area contributed by atoms with Gasteiger partial charge in [-0.2, -0.15) is 0 Å². The van der Waals surface area contributed by atoms with E-state index in [1.54, 1.807) is 0 Å². The Bertz CT molecular complexity index is 493. The van der Waals surface area contributed by atoms with E-state index < -0.39 is 11.9 Å². The van der Waals surface area contributed by atoms with Crippen LogP contribution in [0.4, 0.5) is 0 Å². The van der Waals surface area contributed by atoms with E-state index in [4.69, 9.17) is 10.2 Å². The van der Waals surface area contributed by atoms with Gasteiger partial charge in [0.15, 0.2) is 11.5 Å². The Hall–Kier alpha value is -2.50. The van der Waals surface area contributed by atoms with Crippen molar-refractivity contribution in [3.05, 3.63) is 29.5 Å². The summed E-state index contributed by atoms with van der Waals surface area (Å²) in [5, 5.41) is 29.2. The maximum absolute atomic E-state index is 10.8. The standard InChI is InChI=1S/C11H11NO5/c1-6(13)12-8(11(16)17)4-7-2-3-9(14)10(15)5-7/h2-5,14-15H,1H3,(H,12,13)(H,16,17)/b8-4+. The van der Waals surface area contributed by atoms with E-state index in [2.05, 4.69) is 5.32 Å². The zero-order valence-electron chi connectivity index (χ0n) is 8.97. The lowest BCUT2D eigenvalue weighted by Gasteiger charge is -2.03. The molecule has 1 aromatic rings. The van der Waals surface area contributed by atoms with Crippen molar-refractivity contribution in [2.24, 2.45) is 0 Å². The summed E-state index contributed by atoms with van der Waals surface area (Å²) in [6.45, 7) is 1.19. The van der Waals surface area contributed by atoms with Gasteiger partial charge in [0.1, 0.15) is 5.70 Å². The number of carbonyl (C=O) groups excluding carboxylic acids is 1. The SMILES string of the molecule is CC(=O)N/C(=C/c1ccc(O)c(O)c1)C(=O)O. The monoisotopic (exact) mass is 237 g/mol. The normalized spacial score (nSPS) is 11.0. The molecular formula is C11H11NO5. The number of amides is 1. The molecule has 0 aliphatic heterocycles. The highest BCUT2D eigenvalue weighted by atomic mass is 16.4. The van der Waals surface area contributed by atoms with Crippen LogP contribution in [0.3, 0.4) is 0 Å². The minimum Gasteiger partial charge on any atom is -0.504 e. The Morgan fingerprint density at radius 2 is 1.88 bits per heavy atom. The summed E-state index contributed by atoms with van der Waals surface area (Å²) in [5.41, 5.74) is 0.0223. The van der Waals surface area contributed by atoms with Gasteiger partial charge in [0.05, 0.1) is 0 Å². The average molecular weight is 237 g/mol. The number of aromatic hydroxyl groups is 2. The summed E-state index contributed by atoms with van der Waals surface area (Å²) in [5.74, 6) is -2.49. The summed E-state index contributed by atoms with van der Waals surface area (Å²) in [4.78, 5) is 21.6. The first-order valence-corrected chi connectivity index (χ1v) is 4.64. The van der Waals surface area contributed by atoms with E-state index in [1.165, 1.54) is 31.2 Å². The third-order valence-electron chi connectivity index (χ3n) is 1.85. The largest absolute Gasteiger partial charge is 0.504 e. The fourth-order valence-corrected chi connectivity index (χ4v) is 1.14.